The van der Waals surface area contributed by atoms with Gasteiger partial charge in [-0.2, -0.15) is 26.3 Å². The number of benzene rings is 2. The van der Waals surface area contributed by atoms with Gasteiger partial charge in [-0.15, -0.1) is 16.9 Å². The van der Waals surface area contributed by atoms with E-state index < -0.39 is 23.9 Å². The molecule has 0 amide bonds. The summed E-state index contributed by atoms with van der Waals surface area (Å²) in [6.45, 7) is 1.63. The molecule has 3 nitrogen and oxygen atoms in total. The van der Waals surface area contributed by atoms with Crippen molar-refractivity contribution in [3.05, 3.63) is 59.9 Å². The Balaban J connectivity index is 2.09. The SMILES string of the molecule is Cc1ccc(-c2nc(C(F)(F)F)nn2-c2ccccc2)cc1SCC(F)(F)F. The van der Waals surface area contributed by atoms with Gasteiger partial charge in [0.2, 0.25) is 0 Å². The minimum absolute atomic E-state index is 0.104. The summed E-state index contributed by atoms with van der Waals surface area (Å²) in [6, 6.07) is 12.5. The molecule has 3 aromatic rings. The molecule has 28 heavy (non-hydrogen) atoms. The van der Waals surface area contributed by atoms with Crippen LogP contribution >= 0.6 is 11.8 Å². The van der Waals surface area contributed by atoms with E-state index in [0.717, 1.165) is 4.68 Å². The van der Waals surface area contributed by atoms with Crippen molar-refractivity contribution in [1.82, 2.24) is 14.8 Å². The molecule has 3 rings (SSSR count). The molecular formula is C18H13F6N3S. The second kappa shape index (κ2) is 7.50. The molecule has 0 aliphatic rings. The lowest BCUT2D eigenvalue weighted by Gasteiger charge is -2.11. The Bertz CT molecular complexity index is 964. The highest BCUT2D eigenvalue weighted by atomic mass is 32.2. The number of thioether (sulfide) groups is 1. The first-order valence-electron chi connectivity index (χ1n) is 7.95. The summed E-state index contributed by atoms with van der Waals surface area (Å²) in [5.74, 6) is -2.53. The molecule has 0 bridgehead atoms. The number of aromatic nitrogens is 3. The van der Waals surface area contributed by atoms with Crippen molar-refractivity contribution in [2.75, 3.05) is 5.75 Å². The Morgan fingerprint density at radius 2 is 1.64 bits per heavy atom. The molecule has 148 valence electrons. The van der Waals surface area contributed by atoms with Gasteiger partial charge in [0.05, 0.1) is 11.4 Å². The second-order valence-corrected chi connectivity index (χ2v) is 6.91. The maximum absolute atomic E-state index is 13.1. The van der Waals surface area contributed by atoms with E-state index in [1.54, 1.807) is 43.3 Å². The third-order valence-corrected chi connectivity index (χ3v) is 4.92. The number of rotatable bonds is 4. The van der Waals surface area contributed by atoms with Crippen LogP contribution in [-0.2, 0) is 6.18 Å². The van der Waals surface area contributed by atoms with Crippen LogP contribution in [0, 0.1) is 6.92 Å². The van der Waals surface area contributed by atoms with E-state index in [1.807, 2.05) is 0 Å². The molecule has 0 fully saturated rings. The number of alkyl halides is 6. The van der Waals surface area contributed by atoms with E-state index in [0.29, 0.717) is 27.9 Å². The van der Waals surface area contributed by atoms with Crippen LogP contribution in [0.15, 0.2) is 53.4 Å². The van der Waals surface area contributed by atoms with Gasteiger partial charge in [0, 0.05) is 10.5 Å². The lowest BCUT2D eigenvalue weighted by atomic mass is 10.1. The molecule has 0 unspecified atom stereocenters. The third-order valence-electron chi connectivity index (χ3n) is 3.70. The zero-order chi connectivity index (χ0) is 20.5. The van der Waals surface area contributed by atoms with E-state index in [4.69, 9.17) is 0 Å². The first-order valence-corrected chi connectivity index (χ1v) is 8.93. The van der Waals surface area contributed by atoms with Crippen LogP contribution in [0.25, 0.3) is 17.1 Å². The highest BCUT2D eigenvalue weighted by Crippen LogP contribution is 2.34. The van der Waals surface area contributed by atoms with Gasteiger partial charge in [-0.05, 0) is 30.7 Å². The van der Waals surface area contributed by atoms with Gasteiger partial charge in [0.15, 0.2) is 5.82 Å². The van der Waals surface area contributed by atoms with Crippen molar-refractivity contribution >= 4 is 11.8 Å². The summed E-state index contributed by atoms with van der Waals surface area (Å²) in [4.78, 5) is 3.91. The fourth-order valence-corrected chi connectivity index (χ4v) is 3.25. The minimum atomic E-state index is -4.76. The van der Waals surface area contributed by atoms with Crippen LogP contribution in [0.1, 0.15) is 11.4 Å². The van der Waals surface area contributed by atoms with Crippen LogP contribution in [-0.4, -0.2) is 26.7 Å². The summed E-state index contributed by atoms with van der Waals surface area (Å²) in [7, 11) is 0. The van der Waals surface area contributed by atoms with Gasteiger partial charge in [-0.25, -0.2) is 9.67 Å². The average Bonchev–Trinajstić information content (AvgIpc) is 3.07. The second-order valence-electron chi connectivity index (χ2n) is 5.89. The molecule has 0 spiro atoms. The zero-order valence-corrected chi connectivity index (χ0v) is 15.2. The molecule has 10 heteroatoms. The Morgan fingerprint density at radius 3 is 2.25 bits per heavy atom. The molecular weight excluding hydrogens is 404 g/mol. The first kappa shape index (κ1) is 20.2. The van der Waals surface area contributed by atoms with Crippen LogP contribution in [0.5, 0.6) is 0 Å². The third kappa shape index (κ3) is 4.67. The monoisotopic (exact) mass is 417 g/mol. The number of nitrogens with zero attached hydrogens (tertiary/aromatic N) is 3. The molecule has 0 saturated heterocycles. The quantitative estimate of drug-likeness (QED) is 0.390. The number of hydrogen-bond donors (Lipinski definition) is 0. The van der Waals surface area contributed by atoms with Crippen molar-refractivity contribution in [2.45, 2.75) is 24.2 Å². The average molecular weight is 417 g/mol. The van der Waals surface area contributed by atoms with Gasteiger partial charge in [-0.3, -0.25) is 0 Å². The van der Waals surface area contributed by atoms with Crippen LogP contribution < -0.4 is 0 Å². The Hall–Kier alpha value is -2.49. The summed E-state index contributed by atoms with van der Waals surface area (Å²) in [5, 5.41) is 3.56. The van der Waals surface area contributed by atoms with Crippen LogP contribution in [0.3, 0.4) is 0 Å². The first-order chi connectivity index (χ1) is 13.0. The molecule has 1 aromatic heterocycles. The molecule has 0 saturated carbocycles. The van der Waals surface area contributed by atoms with Gasteiger partial charge in [0.25, 0.3) is 5.82 Å². The minimum Gasteiger partial charge on any atom is -0.213 e. The number of hydrogen-bond acceptors (Lipinski definition) is 3. The number of para-hydroxylation sites is 1. The fraction of sp³-hybridized carbons (Fsp3) is 0.222. The van der Waals surface area contributed by atoms with Gasteiger partial charge >= 0.3 is 12.4 Å². The largest absolute Gasteiger partial charge is 0.453 e. The van der Waals surface area contributed by atoms with Crippen molar-refractivity contribution in [1.29, 1.82) is 0 Å². The topological polar surface area (TPSA) is 30.7 Å². The molecule has 0 N–H and O–H groups in total. The van der Waals surface area contributed by atoms with E-state index in [1.165, 1.54) is 12.1 Å². The van der Waals surface area contributed by atoms with Crippen molar-refractivity contribution in [3.8, 4) is 17.1 Å². The van der Waals surface area contributed by atoms with Gasteiger partial charge < -0.3 is 0 Å². The number of halogens is 6. The van der Waals surface area contributed by atoms with Gasteiger partial charge in [0.1, 0.15) is 0 Å². The molecule has 0 atom stereocenters. The smallest absolute Gasteiger partial charge is 0.213 e. The fourth-order valence-electron chi connectivity index (χ4n) is 2.42. The maximum Gasteiger partial charge on any atom is 0.453 e. The summed E-state index contributed by atoms with van der Waals surface area (Å²) in [5.41, 5.74) is 1.17. The molecule has 0 radical (unpaired) electrons. The Labute approximate surface area is 160 Å². The molecule has 0 aliphatic heterocycles. The normalized spacial score (nSPS) is 12.4. The van der Waals surface area contributed by atoms with Crippen LogP contribution in [0.4, 0.5) is 26.3 Å². The predicted molar refractivity (Wildman–Crippen MR) is 93.3 cm³/mol. The Morgan fingerprint density at radius 1 is 0.964 bits per heavy atom. The highest BCUT2D eigenvalue weighted by molar-refractivity contribution is 7.99. The maximum atomic E-state index is 13.1. The van der Waals surface area contributed by atoms with E-state index in [2.05, 4.69) is 10.1 Å². The lowest BCUT2D eigenvalue weighted by Crippen LogP contribution is -2.10. The van der Waals surface area contributed by atoms with Crippen molar-refractivity contribution in [3.63, 3.8) is 0 Å². The van der Waals surface area contributed by atoms with Crippen molar-refractivity contribution < 1.29 is 26.3 Å². The van der Waals surface area contributed by atoms with Gasteiger partial charge in [-0.1, -0.05) is 30.3 Å². The van der Waals surface area contributed by atoms with Crippen molar-refractivity contribution in [2.24, 2.45) is 0 Å². The zero-order valence-electron chi connectivity index (χ0n) is 14.3. The number of aryl methyl sites for hydroxylation is 1. The van der Waals surface area contributed by atoms with E-state index >= 15 is 0 Å². The van der Waals surface area contributed by atoms with E-state index in [9.17, 15) is 26.3 Å². The standard InChI is InChI=1S/C18H13F6N3S/c1-11-7-8-12(9-14(11)28-10-17(19,20)21)15-25-16(18(22,23)24)26-27(15)13-5-3-2-4-6-13/h2-9H,10H2,1H3. The van der Waals surface area contributed by atoms with E-state index in [-0.39, 0.29) is 11.4 Å². The highest BCUT2D eigenvalue weighted by Gasteiger charge is 2.37. The summed E-state index contributed by atoms with van der Waals surface area (Å²) in [6.07, 6.45) is -9.12. The lowest BCUT2D eigenvalue weighted by molar-refractivity contribution is -0.144. The summed E-state index contributed by atoms with van der Waals surface area (Å²) >= 11 is 0.572. The predicted octanol–water partition coefficient (Wildman–Crippen LogP) is 5.92. The molecule has 2 aromatic carbocycles. The molecule has 1 heterocycles. The summed E-state index contributed by atoms with van der Waals surface area (Å²) < 4.78 is 78.1. The van der Waals surface area contributed by atoms with Crippen LogP contribution in [0.2, 0.25) is 0 Å². The molecule has 0 aliphatic carbocycles. The Kier molecular flexibility index (Phi) is 5.42.